The minimum Gasteiger partial charge on any atom is -0.383 e. The smallest absolute Gasteiger partial charge is 0.253 e. The van der Waals surface area contributed by atoms with Gasteiger partial charge < -0.3 is 10.6 Å². The summed E-state index contributed by atoms with van der Waals surface area (Å²) in [4.78, 5) is 22.4. The Labute approximate surface area is 89.4 Å². The average Bonchev–Trinajstić information content (AvgIpc) is 2.16. The number of hydrogen-bond acceptors (Lipinski definition) is 4. The molecule has 0 atom stereocenters. The Morgan fingerprint density at radius 2 is 1.67 bits per heavy atom. The molecule has 0 saturated carbocycles. The standard InChI is InChI=1S/C11H18N2O2/c1-5-6-11(2,3)13-8-7(12-4)9(14)10(8)15/h12-13H,5-6H2,1-4H3. The van der Waals surface area contributed by atoms with Gasteiger partial charge in [0, 0.05) is 12.6 Å². The van der Waals surface area contributed by atoms with Crippen LogP contribution in [0.4, 0.5) is 11.4 Å². The lowest BCUT2D eigenvalue weighted by atomic mass is 9.97. The Hall–Kier alpha value is -1.32. The van der Waals surface area contributed by atoms with Crippen molar-refractivity contribution in [2.45, 2.75) is 39.2 Å². The second-order valence-corrected chi connectivity index (χ2v) is 4.42. The summed E-state index contributed by atoms with van der Waals surface area (Å²) in [6.45, 7) is 6.13. The quantitative estimate of drug-likeness (QED) is 0.719. The minimum atomic E-state index is -0.424. The number of nitrogens with one attached hydrogen (secondary N) is 2. The summed E-state index contributed by atoms with van der Waals surface area (Å²) in [5.41, 5.74) is -0.149. The third-order valence-corrected chi connectivity index (χ3v) is 2.50. The third-order valence-electron chi connectivity index (χ3n) is 2.50. The van der Waals surface area contributed by atoms with Crippen LogP contribution in [0.25, 0.3) is 0 Å². The van der Waals surface area contributed by atoms with Crippen LogP contribution in [0, 0.1) is 0 Å². The Morgan fingerprint density at radius 1 is 1.13 bits per heavy atom. The topological polar surface area (TPSA) is 58.2 Å². The van der Waals surface area contributed by atoms with E-state index in [0.717, 1.165) is 12.8 Å². The van der Waals surface area contributed by atoms with Crippen molar-refractivity contribution in [3.05, 3.63) is 20.4 Å². The molecule has 4 heteroatoms. The van der Waals surface area contributed by atoms with Gasteiger partial charge in [0.2, 0.25) is 0 Å². The summed E-state index contributed by atoms with van der Waals surface area (Å²) in [7, 11) is 1.65. The highest BCUT2D eigenvalue weighted by Crippen LogP contribution is 2.22. The van der Waals surface area contributed by atoms with Gasteiger partial charge in [-0.15, -0.1) is 0 Å². The number of hydrogen-bond donors (Lipinski definition) is 2. The van der Waals surface area contributed by atoms with Crippen molar-refractivity contribution in [1.29, 1.82) is 0 Å². The van der Waals surface area contributed by atoms with Gasteiger partial charge in [-0.1, -0.05) is 13.3 Å². The van der Waals surface area contributed by atoms with Gasteiger partial charge in [-0.2, -0.15) is 0 Å². The lowest BCUT2D eigenvalue weighted by molar-refractivity contribution is 0.510. The van der Waals surface area contributed by atoms with E-state index in [0.29, 0.717) is 11.4 Å². The highest BCUT2D eigenvalue weighted by molar-refractivity contribution is 5.74. The number of rotatable bonds is 5. The van der Waals surface area contributed by atoms with E-state index < -0.39 is 10.9 Å². The van der Waals surface area contributed by atoms with E-state index in [2.05, 4.69) is 17.6 Å². The first-order chi connectivity index (χ1) is 6.93. The van der Waals surface area contributed by atoms with Gasteiger partial charge in [-0.05, 0) is 20.3 Å². The molecule has 0 aliphatic carbocycles. The van der Waals surface area contributed by atoms with Gasteiger partial charge in [-0.3, -0.25) is 9.59 Å². The second kappa shape index (κ2) is 4.04. The van der Waals surface area contributed by atoms with Crippen LogP contribution in [0.2, 0.25) is 0 Å². The molecular weight excluding hydrogens is 192 g/mol. The van der Waals surface area contributed by atoms with Crippen LogP contribution in [0.3, 0.4) is 0 Å². The summed E-state index contributed by atoms with van der Waals surface area (Å²) in [6, 6.07) is 0. The molecule has 0 bridgehead atoms. The Balaban J connectivity index is 2.86. The molecule has 0 fully saturated rings. The van der Waals surface area contributed by atoms with Gasteiger partial charge in [-0.25, -0.2) is 0 Å². The van der Waals surface area contributed by atoms with Crippen molar-refractivity contribution in [2.24, 2.45) is 0 Å². The first kappa shape index (κ1) is 11.8. The molecule has 4 nitrogen and oxygen atoms in total. The fourth-order valence-corrected chi connectivity index (χ4v) is 1.78. The van der Waals surface area contributed by atoms with Crippen molar-refractivity contribution in [2.75, 3.05) is 17.7 Å². The zero-order valence-electron chi connectivity index (χ0n) is 9.73. The Kier molecular flexibility index (Phi) is 3.17. The molecule has 1 aromatic rings. The zero-order chi connectivity index (χ0) is 11.6. The van der Waals surface area contributed by atoms with Crippen molar-refractivity contribution in [3.63, 3.8) is 0 Å². The maximum Gasteiger partial charge on any atom is 0.253 e. The molecule has 15 heavy (non-hydrogen) atoms. The van der Waals surface area contributed by atoms with E-state index in [-0.39, 0.29) is 5.54 Å². The summed E-state index contributed by atoms with van der Waals surface area (Å²) in [6.07, 6.45) is 1.99. The van der Waals surface area contributed by atoms with Crippen LogP contribution >= 0.6 is 0 Å². The van der Waals surface area contributed by atoms with Crippen LogP contribution < -0.4 is 21.5 Å². The number of anilines is 2. The highest BCUT2D eigenvalue weighted by Gasteiger charge is 2.25. The summed E-state index contributed by atoms with van der Waals surface area (Å²) in [5.74, 6) is 0. The summed E-state index contributed by atoms with van der Waals surface area (Å²) < 4.78 is 0. The zero-order valence-corrected chi connectivity index (χ0v) is 9.73. The second-order valence-electron chi connectivity index (χ2n) is 4.42. The largest absolute Gasteiger partial charge is 0.383 e. The van der Waals surface area contributed by atoms with Gasteiger partial charge in [0.1, 0.15) is 11.4 Å². The lowest BCUT2D eigenvalue weighted by Crippen LogP contribution is -2.42. The molecule has 0 saturated heterocycles. The van der Waals surface area contributed by atoms with Gasteiger partial charge in [0.05, 0.1) is 0 Å². The van der Waals surface area contributed by atoms with Crippen LogP contribution in [-0.4, -0.2) is 12.6 Å². The first-order valence-corrected chi connectivity index (χ1v) is 5.22. The molecule has 0 heterocycles. The van der Waals surface area contributed by atoms with Crippen LogP contribution in [0.5, 0.6) is 0 Å². The SMILES string of the molecule is CCCC(C)(C)Nc1c(NC)c(=O)c1=O. The van der Waals surface area contributed by atoms with E-state index >= 15 is 0 Å². The van der Waals surface area contributed by atoms with E-state index in [1.807, 2.05) is 13.8 Å². The van der Waals surface area contributed by atoms with Gasteiger partial charge in [0.15, 0.2) is 0 Å². The molecule has 0 radical (unpaired) electrons. The predicted octanol–water partition coefficient (Wildman–Crippen LogP) is 1.31. The van der Waals surface area contributed by atoms with Crippen LogP contribution in [0.15, 0.2) is 9.59 Å². The average molecular weight is 210 g/mol. The molecule has 0 aliphatic heterocycles. The minimum absolute atomic E-state index is 0.150. The normalized spacial score (nSPS) is 11.7. The molecule has 0 unspecified atom stereocenters. The summed E-state index contributed by atoms with van der Waals surface area (Å²) in [5, 5.41) is 5.86. The maximum absolute atomic E-state index is 11.3. The summed E-state index contributed by atoms with van der Waals surface area (Å²) >= 11 is 0. The highest BCUT2D eigenvalue weighted by atomic mass is 16.2. The third kappa shape index (κ3) is 2.19. The van der Waals surface area contributed by atoms with Crippen molar-refractivity contribution in [3.8, 4) is 0 Å². The maximum atomic E-state index is 11.3. The van der Waals surface area contributed by atoms with Crippen molar-refractivity contribution < 1.29 is 0 Å². The van der Waals surface area contributed by atoms with Crippen molar-refractivity contribution in [1.82, 2.24) is 0 Å². The molecule has 0 amide bonds. The molecule has 0 aromatic heterocycles. The molecule has 2 N–H and O–H groups in total. The lowest BCUT2D eigenvalue weighted by Gasteiger charge is -2.28. The van der Waals surface area contributed by atoms with Crippen molar-refractivity contribution >= 4 is 11.4 Å². The molecule has 0 aliphatic rings. The fraction of sp³-hybridized carbons (Fsp3) is 0.636. The monoisotopic (exact) mass is 210 g/mol. The van der Waals surface area contributed by atoms with E-state index in [4.69, 9.17) is 0 Å². The Morgan fingerprint density at radius 3 is 2.13 bits per heavy atom. The van der Waals surface area contributed by atoms with Crippen LogP contribution in [-0.2, 0) is 0 Å². The molecule has 84 valence electrons. The van der Waals surface area contributed by atoms with E-state index in [9.17, 15) is 9.59 Å². The van der Waals surface area contributed by atoms with Gasteiger partial charge in [0.25, 0.3) is 10.9 Å². The Bertz CT molecular complexity index is 414. The first-order valence-electron chi connectivity index (χ1n) is 5.22. The molecule has 1 rings (SSSR count). The van der Waals surface area contributed by atoms with E-state index in [1.54, 1.807) is 7.05 Å². The van der Waals surface area contributed by atoms with Crippen LogP contribution in [0.1, 0.15) is 33.6 Å². The fourth-order valence-electron chi connectivity index (χ4n) is 1.78. The van der Waals surface area contributed by atoms with Gasteiger partial charge >= 0.3 is 0 Å². The van der Waals surface area contributed by atoms with E-state index in [1.165, 1.54) is 0 Å². The molecular formula is C11H18N2O2. The predicted molar refractivity (Wildman–Crippen MR) is 63.5 cm³/mol. The molecule has 0 spiro atoms. The molecule has 1 aromatic carbocycles.